The first-order valence-electron chi connectivity index (χ1n) is 9.26. The smallest absolute Gasteiger partial charge is 0.343 e. The molecule has 0 unspecified atom stereocenters. The van der Waals surface area contributed by atoms with Crippen molar-refractivity contribution in [2.24, 2.45) is 0 Å². The number of phenolic OH excluding ortho intramolecular Hbond substituents is 1. The van der Waals surface area contributed by atoms with E-state index in [-0.39, 0.29) is 38.5 Å². The molecule has 1 N–H and O–H groups in total. The minimum Gasteiger partial charge on any atom is -0.508 e. The van der Waals surface area contributed by atoms with Gasteiger partial charge in [-0.2, -0.15) is 35.9 Å². The first-order valence-corrected chi connectivity index (χ1v) is 9.26. The van der Waals surface area contributed by atoms with Crippen LogP contribution in [0.4, 0.5) is 0 Å². The fourth-order valence-corrected chi connectivity index (χ4v) is 2.21. The minimum absolute atomic E-state index is 0. The third-order valence-electron chi connectivity index (χ3n) is 3.43. The molecule has 0 saturated heterocycles. The van der Waals surface area contributed by atoms with E-state index in [1.807, 2.05) is 64.1 Å². The summed E-state index contributed by atoms with van der Waals surface area (Å²) in [4.78, 5) is 12.0. The summed E-state index contributed by atoms with van der Waals surface area (Å²) in [7, 11) is 0. The Morgan fingerprint density at radius 1 is 0.821 bits per heavy atom. The summed E-state index contributed by atoms with van der Waals surface area (Å²) in [5.41, 5.74) is 2.74. The quantitative estimate of drug-likeness (QED) is 0.298. The molecule has 0 saturated carbocycles. The second kappa shape index (κ2) is 15.0. The van der Waals surface area contributed by atoms with E-state index in [9.17, 15) is 9.90 Å². The number of rotatable bonds is 4. The number of benzene rings is 3. The Morgan fingerprint density at radius 2 is 1.32 bits per heavy atom. The van der Waals surface area contributed by atoms with Crippen LogP contribution in [-0.4, -0.2) is 11.1 Å². The average Bonchev–Trinajstić information content (AvgIpc) is 2.74. The topological polar surface area (TPSA) is 46.5 Å². The van der Waals surface area contributed by atoms with Crippen LogP contribution in [-0.2, 0) is 39.1 Å². The third-order valence-corrected chi connectivity index (χ3v) is 3.43. The molecule has 0 aliphatic carbocycles. The number of carbonyl (C=O) groups excluding carboxylic acids is 1. The van der Waals surface area contributed by atoms with Gasteiger partial charge in [-0.05, 0) is 48.4 Å². The second-order valence-corrected chi connectivity index (χ2v) is 5.17. The van der Waals surface area contributed by atoms with Gasteiger partial charge in [-0.15, -0.1) is 0 Å². The van der Waals surface area contributed by atoms with Crippen LogP contribution in [0.5, 0.6) is 11.5 Å². The zero-order valence-electron chi connectivity index (χ0n) is 17.0. The largest absolute Gasteiger partial charge is 0.508 e. The van der Waals surface area contributed by atoms with E-state index in [1.165, 1.54) is 29.8 Å². The van der Waals surface area contributed by atoms with Crippen molar-refractivity contribution in [3.05, 3.63) is 95.6 Å². The van der Waals surface area contributed by atoms with Crippen molar-refractivity contribution >= 4 is 5.97 Å². The fourth-order valence-electron chi connectivity index (χ4n) is 2.21. The van der Waals surface area contributed by atoms with Crippen LogP contribution in [0, 0.1) is 6.07 Å². The molecule has 1 radical (unpaired) electrons. The van der Waals surface area contributed by atoms with Crippen molar-refractivity contribution < 1.29 is 47.3 Å². The van der Waals surface area contributed by atoms with Crippen LogP contribution in [0.1, 0.15) is 49.2 Å². The predicted molar refractivity (Wildman–Crippen MR) is 110 cm³/mol. The van der Waals surface area contributed by atoms with Crippen molar-refractivity contribution in [2.45, 2.75) is 34.1 Å². The fraction of sp³-hybridized carbons (Fsp3) is 0.208. The number of esters is 1. The Kier molecular flexibility index (Phi) is 14.0. The van der Waals surface area contributed by atoms with E-state index in [4.69, 9.17) is 4.74 Å². The van der Waals surface area contributed by atoms with E-state index in [0.29, 0.717) is 11.3 Å². The van der Waals surface area contributed by atoms with Crippen LogP contribution < -0.4 is 4.74 Å². The van der Waals surface area contributed by atoms with Crippen LogP contribution in [0.15, 0.2) is 72.8 Å². The summed E-state index contributed by atoms with van der Waals surface area (Å²) in [6.07, 6.45) is 0.820. The molecule has 0 heterocycles. The third kappa shape index (κ3) is 8.81. The molecule has 0 amide bonds. The SMILES string of the molecule is CC.CC.O=C(Oc1ccc(Cc2cc[c-]cc2)cc1)c1ccc(O)cc1.[Y]. The molecule has 3 aromatic rings. The minimum atomic E-state index is -0.448. The summed E-state index contributed by atoms with van der Waals surface area (Å²) >= 11 is 0. The number of ether oxygens (including phenoxy) is 1. The summed E-state index contributed by atoms with van der Waals surface area (Å²) in [5.74, 6) is 0.161. The average molecular weight is 452 g/mol. The molecule has 0 bridgehead atoms. The van der Waals surface area contributed by atoms with Crippen LogP contribution in [0.25, 0.3) is 0 Å². The molecule has 0 spiro atoms. The molecule has 0 fully saturated rings. The summed E-state index contributed by atoms with van der Waals surface area (Å²) in [6.45, 7) is 8.00. The Labute approximate surface area is 193 Å². The predicted octanol–water partition coefficient (Wildman–Crippen LogP) is 6.05. The summed E-state index contributed by atoms with van der Waals surface area (Å²) in [5, 5.41) is 9.23. The molecule has 3 rings (SSSR count). The van der Waals surface area contributed by atoms with Gasteiger partial charge in [0.15, 0.2) is 0 Å². The first kappa shape index (κ1) is 26.0. The van der Waals surface area contributed by atoms with Gasteiger partial charge in [0.2, 0.25) is 0 Å². The van der Waals surface area contributed by atoms with E-state index in [1.54, 1.807) is 12.1 Å². The maximum Gasteiger partial charge on any atom is 0.343 e. The zero-order valence-corrected chi connectivity index (χ0v) is 19.8. The molecule has 3 nitrogen and oxygen atoms in total. The number of hydrogen-bond acceptors (Lipinski definition) is 3. The Morgan fingerprint density at radius 3 is 1.86 bits per heavy atom. The van der Waals surface area contributed by atoms with Gasteiger partial charge in [0, 0.05) is 32.7 Å². The molecular formula is C24H27O3Y-. The monoisotopic (exact) mass is 452 g/mol. The Bertz CT molecular complexity index is 782. The van der Waals surface area contributed by atoms with Gasteiger partial charge in [-0.1, -0.05) is 39.8 Å². The number of phenols is 1. The van der Waals surface area contributed by atoms with Gasteiger partial charge in [0.1, 0.15) is 11.5 Å². The van der Waals surface area contributed by atoms with E-state index >= 15 is 0 Å². The molecule has 4 heteroatoms. The van der Waals surface area contributed by atoms with Gasteiger partial charge in [-0.3, -0.25) is 0 Å². The number of carbonyl (C=O) groups is 1. The summed E-state index contributed by atoms with van der Waals surface area (Å²) in [6, 6.07) is 24.2. The van der Waals surface area contributed by atoms with Gasteiger partial charge >= 0.3 is 5.97 Å². The van der Waals surface area contributed by atoms with E-state index < -0.39 is 5.97 Å². The molecule has 28 heavy (non-hydrogen) atoms. The molecule has 145 valence electrons. The Balaban J connectivity index is 0.00000137. The second-order valence-electron chi connectivity index (χ2n) is 5.17. The maximum absolute atomic E-state index is 12.0. The number of hydrogen-bond donors (Lipinski definition) is 1. The van der Waals surface area contributed by atoms with Gasteiger partial charge in [0.25, 0.3) is 0 Å². The van der Waals surface area contributed by atoms with Crippen molar-refractivity contribution in [3.8, 4) is 11.5 Å². The zero-order chi connectivity index (χ0) is 20.1. The molecular weight excluding hydrogens is 425 g/mol. The molecule has 0 aliphatic rings. The van der Waals surface area contributed by atoms with Gasteiger partial charge in [0.05, 0.1) is 5.56 Å². The van der Waals surface area contributed by atoms with Crippen molar-refractivity contribution in [1.29, 1.82) is 0 Å². The molecule has 0 aliphatic heterocycles. The van der Waals surface area contributed by atoms with E-state index in [0.717, 1.165) is 12.0 Å². The molecule has 0 aromatic heterocycles. The summed E-state index contributed by atoms with van der Waals surface area (Å²) < 4.78 is 5.32. The standard InChI is InChI=1S/C20H15O3.2C2H6.Y/c21-18-10-8-17(9-11-18)20(22)23-19-12-6-16(7-13-19)14-15-4-2-1-3-5-15;2*1-2;/h2-13,21H,14H2;2*1-2H3;/q-1;;;. The van der Waals surface area contributed by atoms with Crippen LogP contribution in [0.2, 0.25) is 0 Å². The normalized spacial score (nSPS) is 8.86. The Hall–Kier alpha value is -1.97. The molecule has 3 aromatic carbocycles. The van der Waals surface area contributed by atoms with Crippen molar-refractivity contribution in [1.82, 2.24) is 0 Å². The van der Waals surface area contributed by atoms with E-state index in [2.05, 4.69) is 6.07 Å². The molecule has 0 atom stereocenters. The van der Waals surface area contributed by atoms with Crippen LogP contribution >= 0.6 is 0 Å². The van der Waals surface area contributed by atoms with Crippen LogP contribution in [0.3, 0.4) is 0 Å². The van der Waals surface area contributed by atoms with Crippen molar-refractivity contribution in [3.63, 3.8) is 0 Å². The van der Waals surface area contributed by atoms with Crippen molar-refractivity contribution in [2.75, 3.05) is 0 Å². The van der Waals surface area contributed by atoms with Gasteiger partial charge in [-0.25, -0.2) is 4.79 Å². The number of aromatic hydroxyl groups is 1. The maximum atomic E-state index is 12.0. The first-order chi connectivity index (χ1) is 13.2. The van der Waals surface area contributed by atoms with Gasteiger partial charge < -0.3 is 9.84 Å².